The van der Waals surface area contributed by atoms with Crippen LogP contribution in [0.1, 0.15) is 13.3 Å². The maximum atomic E-state index is 12.7. The van der Waals surface area contributed by atoms with Crippen LogP contribution in [0.4, 0.5) is 0 Å². The Hall–Kier alpha value is -3.20. The van der Waals surface area contributed by atoms with Crippen LogP contribution in [0.5, 0.6) is 0 Å². The summed E-state index contributed by atoms with van der Waals surface area (Å²) >= 11 is 0. The van der Waals surface area contributed by atoms with Crippen molar-refractivity contribution < 1.29 is 13.2 Å². The van der Waals surface area contributed by atoms with Crippen molar-refractivity contribution in [2.24, 2.45) is 0 Å². The lowest BCUT2D eigenvalue weighted by Gasteiger charge is -2.13. The van der Waals surface area contributed by atoms with E-state index < -0.39 is 21.4 Å². The standard InChI is InChI=1S/C21H23N3O5S/c1-2-23-20(26)17-11-6-7-12-18(17)24(21(23)27)15-19(25)22-13-8-14-30(28,29)16-9-4-3-5-10-16/h3-7,9-12H,2,8,13-15H2,1H3,(H,22,25). The zero-order valence-corrected chi connectivity index (χ0v) is 17.4. The van der Waals surface area contributed by atoms with Gasteiger partial charge in [0, 0.05) is 13.1 Å². The zero-order chi connectivity index (χ0) is 21.7. The quantitative estimate of drug-likeness (QED) is 0.541. The molecule has 8 nitrogen and oxygen atoms in total. The number of amides is 1. The summed E-state index contributed by atoms with van der Waals surface area (Å²) in [5.74, 6) is -0.526. The number of carbonyl (C=O) groups is 1. The molecule has 3 aromatic rings. The maximum absolute atomic E-state index is 12.7. The highest BCUT2D eigenvalue weighted by atomic mass is 32.2. The Labute approximate surface area is 173 Å². The van der Waals surface area contributed by atoms with Gasteiger partial charge in [-0.1, -0.05) is 30.3 Å². The van der Waals surface area contributed by atoms with Crippen LogP contribution in [0.25, 0.3) is 10.9 Å². The van der Waals surface area contributed by atoms with E-state index in [9.17, 15) is 22.8 Å². The average Bonchev–Trinajstić information content (AvgIpc) is 2.75. The summed E-state index contributed by atoms with van der Waals surface area (Å²) in [5, 5.41) is 3.01. The highest BCUT2D eigenvalue weighted by Crippen LogP contribution is 2.11. The first-order valence-electron chi connectivity index (χ1n) is 9.62. The number of rotatable bonds is 8. The molecule has 1 N–H and O–H groups in total. The summed E-state index contributed by atoms with van der Waals surface area (Å²) in [6.45, 7) is 1.78. The summed E-state index contributed by atoms with van der Waals surface area (Å²) < 4.78 is 26.9. The molecule has 1 amide bonds. The number of carbonyl (C=O) groups excluding carboxylic acids is 1. The van der Waals surface area contributed by atoms with Gasteiger partial charge in [-0.2, -0.15) is 0 Å². The van der Waals surface area contributed by atoms with Crippen molar-refractivity contribution in [2.45, 2.75) is 31.3 Å². The number of hydrogen-bond donors (Lipinski definition) is 1. The molecule has 1 heterocycles. The van der Waals surface area contributed by atoms with Gasteiger partial charge in [0.25, 0.3) is 5.56 Å². The molecule has 0 fully saturated rings. The van der Waals surface area contributed by atoms with Crippen molar-refractivity contribution >= 4 is 26.6 Å². The minimum Gasteiger partial charge on any atom is -0.355 e. The van der Waals surface area contributed by atoms with E-state index >= 15 is 0 Å². The predicted octanol–water partition coefficient (Wildman–Crippen LogP) is 1.16. The third kappa shape index (κ3) is 4.51. The Morgan fingerprint density at radius 1 is 0.967 bits per heavy atom. The van der Waals surface area contributed by atoms with E-state index in [-0.39, 0.29) is 42.3 Å². The number of benzene rings is 2. The number of sulfone groups is 1. The van der Waals surface area contributed by atoms with Crippen LogP contribution in [0.15, 0.2) is 69.1 Å². The summed E-state index contributed by atoms with van der Waals surface area (Å²) in [7, 11) is -3.41. The van der Waals surface area contributed by atoms with E-state index in [2.05, 4.69) is 5.32 Å². The van der Waals surface area contributed by atoms with Gasteiger partial charge in [0.2, 0.25) is 5.91 Å². The first-order valence-corrected chi connectivity index (χ1v) is 11.3. The van der Waals surface area contributed by atoms with Crippen LogP contribution < -0.4 is 16.6 Å². The van der Waals surface area contributed by atoms with Crippen molar-refractivity contribution in [3.05, 3.63) is 75.4 Å². The fraction of sp³-hybridized carbons (Fsp3) is 0.286. The van der Waals surface area contributed by atoms with Crippen LogP contribution in [-0.2, 0) is 27.7 Å². The first kappa shape index (κ1) is 21.5. The first-order chi connectivity index (χ1) is 14.3. The number of nitrogens with zero attached hydrogens (tertiary/aromatic N) is 2. The molecule has 3 rings (SSSR count). The highest BCUT2D eigenvalue weighted by Gasteiger charge is 2.15. The molecular weight excluding hydrogens is 406 g/mol. The normalized spacial score (nSPS) is 11.5. The van der Waals surface area contributed by atoms with E-state index in [1.807, 2.05) is 0 Å². The molecule has 2 aromatic carbocycles. The van der Waals surface area contributed by atoms with Crippen molar-refractivity contribution in [2.75, 3.05) is 12.3 Å². The molecule has 0 aliphatic carbocycles. The summed E-state index contributed by atoms with van der Waals surface area (Å²) in [5.41, 5.74) is -0.553. The van der Waals surface area contributed by atoms with Gasteiger partial charge in [-0.15, -0.1) is 0 Å². The van der Waals surface area contributed by atoms with E-state index in [0.717, 1.165) is 4.57 Å². The predicted molar refractivity (Wildman–Crippen MR) is 114 cm³/mol. The molecule has 0 atom stereocenters. The van der Waals surface area contributed by atoms with Gasteiger partial charge in [-0.25, -0.2) is 13.2 Å². The molecule has 9 heteroatoms. The van der Waals surface area contributed by atoms with Crippen molar-refractivity contribution in [1.29, 1.82) is 0 Å². The van der Waals surface area contributed by atoms with Gasteiger partial charge in [0.1, 0.15) is 6.54 Å². The van der Waals surface area contributed by atoms with E-state index in [1.54, 1.807) is 49.4 Å². The molecule has 0 radical (unpaired) electrons. The van der Waals surface area contributed by atoms with Crippen molar-refractivity contribution in [1.82, 2.24) is 14.5 Å². The molecule has 0 saturated carbocycles. The molecule has 0 bridgehead atoms. The minimum atomic E-state index is -3.41. The van der Waals surface area contributed by atoms with Crippen molar-refractivity contribution in [3.8, 4) is 0 Å². The number of para-hydroxylation sites is 1. The molecule has 1 aromatic heterocycles. The molecule has 0 unspecified atom stereocenters. The molecule has 0 aliphatic heterocycles. The van der Waals surface area contributed by atoms with Crippen LogP contribution in [-0.4, -0.2) is 35.8 Å². The topological polar surface area (TPSA) is 107 Å². The van der Waals surface area contributed by atoms with Gasteiger partial charge in [0.05, 0.1) is 21.6 Å². The second-order valence-electron chi connectivity index (χ2n) is 6.77. The van der Waals surface area contributed by atoms with Crippen molar-refractivity contribution in [3.63, 3.8) is 0 Å². The Bertz CT molecular complexity index is 1280. The zero-order valence-electron chi connectivity index (χ0n) is 16.6. The lowest BCUT2D eigenvalue weighted by atomic mass is 10.2. The smallest absolute Gasteiger partial charge is 0.331 e. The highest BCUT2D eigenvalue weighted by molar-refractivity contribution is 7.91. The average molecular weight is 429 g/mol. The second kappa shape index (κ2) is 9.08. The molecule has 0 spiro atoms. The molecule has 0 saturated heterocycles. The van der Waals surface area contributed by atoms with Crippen LogP contribution in [0.3, 0.4) is 0 Å². The Morgan fingerprint density at radius 3 is 2.33 bits per heavy atom. The summed E-state index contributed by atoms with van der Waals surface area (Å²) in [4.78, 5) is 37.7. The van der Waals surface area contributed by atoms with Gasteiger partial charge < -0.3 is 5.32 Å². The van der Waals surface area contributed by atoms with E-state index in [1.165, 1.54) is 16.7 Å². The maximum Gasteiger partial charge on any atom is 0.331 e. The Morgan fingerprint density at radius 2 is 1.63 bits per heavy atom. The number of fused-ring (bicyclic) bond motifs is 1. The number of nitrogens with one attached hydrogen (secondary N) is 1. The lowest BCUT2D eigenvalue weighted by molar-refractivity contribution is -0.121. The monoisotopic (exact) mass is 429 g/mol. The minimum absolute atomic E-state index is 0.0963. The molecule has 30 heavy (non-hydrogen) atoms. The third-order valence-electron chi connectivity index (χ3n) is 4.76. The second-order valence-corrected chi connectivity index (χ2v) is 8.88. The fourth-order valence-electron chi connectivity index (χ4n) is 3.24. The van der Waals surface area contributed by atoms with Crippen LogP contribution in [0, 0.1) is 0 Å². The van der Waals surface area contributed by atoms with Gasteiger partial charge in [-0.05, 0) is 37.6 Å². The largest absolute Gasteiger partial charge is 0.355 e. The van der Waals surface area contributed by atoms with E-state index in [4.69, 9.17) is 0 Å². The van der Waals surface area contributed by atoms with E-state index in [0.29, 0.717) is 10.9 Å². The Kier molecular flexibility index (Phi) is 6.51. The number of aromatic nitrogens is 2. The SMILES string of the molecule is CCn1c(=O)c2ccccc2n(CC(=O)NCCCS(=O)(=O)c2ccccc2)c1=O. The molecular formula is C21H23N3O5S. The van der Waals surface area contributed by atoms with Crippen LogP contribution in [0.2, 0.25) is 0 Å². The fourth-order valence-corrected chi connectivity index (χ4v) is 4.57. The van der Waals surface area contributed by atoms with Crippen LogP contribution >= 0.6 is 0 Å². The number of hydrogen-bond acceptors (Lipinski definition) is 5. The molecule has 0 aliphatic rings. The lowest BCUT2D eigenvalue weighted by Crippen LogP contribution is -2.42. The Balaban J connectivity index is 1.68. The summed E-state index contributed by atoms with van der Waals surface area (Å²) in [6.07, 6.45) is 0.243. The van der Waals surface area contributed by atoms with Gasteiger partial charge in [-0.3, -0.25) is 18.7 Å². The third-order valence-corrected chi connectivity index (χ3v) is 6.58. The summed E-state index contributed by atoms with van der Waals surface area (Å²) in [6, 6.07) is 14.8. The molecule has 158 valence electrons. The van der Waals surface area contributed by atoms with Gasteiger partial charge >= 0.3 is 5.69 Å². The van der Waals surface area contributed by atoms with Gasteiger partial charge in [0.15, 0.2) is 9.84 Å².